The van der Waals surface area contributed by atoms with E-state index < -0.39 is 23.9 Å². The predicted octanol–water partition coefficient (Wildman–Crippen LogP) is 7.08. The van der Waals surface area contributed by atoms with E-state index in [-0.39, 0.29) is 37.8 Å². The quantitative estimate of drug-likeness (QED) is 0.126. The first kappa shape index (κ1) is 34.8. The lowest BCUT2D eigenvalue weighted by molar-refractivity contribution is 0.0506. The van der Waals surface area contributed by atoms with E-state index in [4.69, 9.17) is 18.9 Å². The standard InChI is InChI=1S/2C18H19NO4/c2*1-3-22-17(20)15-12-19-16(18(21)23-4-2)14(15)11-10-13-8-6-5-7-9-13/h2*5-12,19H,3-4H2,1-2H3/b2*11-10+. The van der Waals surface area contributed by atoms with E-state index in [0.29, 0.717) is 22.3 Å². The third kappa shape index (κ3) is 9.68. The van der Waals surface area contributed by atoms with E-state index in [1.807, 2.05) is 72.8 Å². The number of hydrogen-bond acceptors (Lipinski definition) is 8. The summed E-state index contributed by atoms with van der Waals surface area (Å²) in [6, 6.07) is 19.2. The highest BCUT2D eigenvalue weighted by Crippen LogP contribution is 2.21. The number of esters is 4. The number of aromatic amines is 2. The molecule has 0 spiro atoms. The number of nitrogens with one attached hydrogen (secondary N) is 2. The fourth-order valence-corrected chi connectivity index (χ4v) is 4.20. The maximum absolute atomic E-state index is 12.0. The van der Waals surface area contributed by atoms with Gasteiger partial charge in [0.1, 0.15) is 11.4 Å². The largest absolute Gasteiger partial charge is 0.462 e. The summed E-state index contributed by atoms with van der Waals surface area (Å²) in [4.78, 5) is 53.8. The highest BCUT2D eigenvalue weighted by atomic mass is 16.5. The Morgan fingerprint density at radius 2 is 0.826 bits per heavy atom. The molecule has 10 heteroatoms. The molecule has 240 valence electrons. The summed E-state index contributed by atoms with van der Waals surface area (Å²) < 4.78 is 20.1. The van der Waals surface area contributed by atoms with Gasteiger partial charge in [0, 0.05) is 23.5 Å². The van der Waals surface area contributed by atoms with Crippen LogP contribution in [0.4, 0.5) is 0 Å². The summed E-state index contributed by atoms with van der Waals surface area (Å²) in [7, 11) is 0. The Balaban J connectivity index is 0.000000250. The molecule has 10 nitrogen and oxygen atoms in total. The number of aromatic nitrogens is 2. The van der Waals surface area contributed by atoms with Gasteiger partial charge in [0.05, 0.1) is 37.6 Å². The second kappa shape index (κ2) is 18.2. The molecule has 0 saturated heterocycles. The van der Waals surface area contributed by atoms with Gasteiger partial charge in [-0.3, -0.25) is 0 Å². The van der Waals surface area contributed by atoms with Crippen molar-refractivity contribution in [2.75, 3.05) is 26.4 Å². The fourth-order valence-electron chi connectivity index (χ4n) is 4.20. The second-order valence-corrected chi connectivity index (χ2v) is 9.35. The third-order valence-corrected chi connectivity index (χ3v) is 6.27. The average Bonchev–Trinajstić information content (AvgIpc) is 3.69. The monoisotopic (exact) mass is 626 g/mol. The molecule has 2 heterocycles. The Labute approximate surface area is 268 Å². The predicted molar refractivity (Wildman–Crippen MR) is 176 cm³/mol. The molecule has 0 saturated carbocycles. The van der Waals surface area contributed by atoms with E-state index in [1.165, 1.54) is 12.4 Å². The zero-order valence-corrected chi connectivity index (χ0v) is 26.3. The topological polar surface area (TPSA) is 137 Å². The smallest absolute Gasteiger partial charge is 0.355 e. The van der Waals surface area contributed by atoms with Crippen molar-refractivity contribution in [1.82, 2.24) is 9.97 Å². The van der Waals surface area contributed by atoms with Crippen LogP contribution in [0.25, 0.3) is 24.3 Å². The fraction of sp³-hybridized carbons (Fsp3) is 0.222. The van der Waals surface area contributed by atoms with E-state index in [0.717, 1.165) is 11.1 Å². The second-order valence-electron chi connectivity index (χ2n) is 9.35. The molecule has 4 rings (SSSR count). The lowest BCUT2D eigenvalue weighted by atomic mass is 10.1. The van der Waals surface area contributed by atoms with Crippen molar-refractivity contribution in [2.45, 2.75) is 27.7 Å². The molecule has 0 atom stereocenters. The Morgan fingerprint density at radius 1 is 0.500 bits per heavy atom. The summed E-state index contributed by atoms with van der Waals surface area (Å²) in [6.07, 6.45) is 10.0. The van der Waals surface area contributed by atoms with Crippen molar-refractivity contribution < 1.29 is 38.1 Å². The van der Waals surface area contributed by atoms with Crippen LogP contribution in [0.1, 0.15) is 91.6 Å². The highest BCUT2D eigenvalue weighted by Gasteiger charge is 2.23. The Bertz CT molecular complexity index is 1450. The van der Waals surface area contributed by atoms with Crippen molar-refractivity contribution in [2.24, 2.45) is 0 Å². The van der Waals surface area contributed by atoms with E-state index in [2.05, 4.69) is 9.97 Å². The Kier molecular flexibility index (Phi) is 13.8. The van der Waals surface area contributed by atoms with Crippen molar-refractivity contribution in [3.05, 3.63) is 118 Å². The van der Waals surface area contributed by atoms with Crippen molar-refractivity contribution in [3.63, 3.8) is 0 Å². The van der Waals surface area contributed by atoms with Gasteiger partial charge in [0.15, 0.2) is 0 Å². The molecule has 0 unspecified atom stereocenters. The Hall–Kier alpha value is -5.64. The molecule has 2 aromatic carbocycles. The molecule has 2 N–H and O–H groups in total. The average molecular weight is 627 g/mol. The van der Waals surface area contributed by atoms with E-state index in [1.54, 1.807) is 39.8 Å². The molecule has 0 radical (unpaired) electrons. The molecule has 2 aromatic heterocycles. The zero-order chi connectivity index (χ0) is 33.3. The molecule has 4 aromatic rings. The summed E-state index contributed by atoms with van der Waals surface area (Å²) in [6.45, 7) is 7.97. The van der Waals surface area contributed by atoms with Gasteiger partial charge in [-0.2, -0.15) is 0 Å². The van der Waals surface area contributed by atoms with E-state index >= 15 is 0 Å². The maximum atomic E-state index is 12.0. The van der Waals surface area contributed by atoms with Gasteiger partial charge < -0.3 is 28.9 Å². The first-order valence-corrected chi connectivity index (χ1v) is 14.9. The first-order chi connectivity index (χ1) is 22.3. The molecule has 0 aliphatic rings. The lowest BCUT2D eigenvalue weighted by Crippen LogP contribution is -2.09. The van der Waals surface area contributed by atoms with Gasteiger partial charge in [-0.1, -0.05) is 85.0 Å². The number of ether oxygens (including phenoxy) is 4. The van der Waals surface area contributed by atoms with Crippen LogP contribution in [0, 0.1) is 0 Å². The van der Waals surface area contributed by atoms with Crippen LogP contribution < -0.4 is 0 Å². The molecule has 0 amide bonds. The third-order valence-electron chi connectivity index (χ3n) is 6.27. The summed E-state index contributed by atoms with van der Waals surface area (Å²) in [5, 5.41) is 0. The molecule has 0 fully saturated rings. The molecular formula is C36H38N2O8. The van der Waals surface area contributed by atoms with Crippen LogP contribution in [-0.4, -0.2) is 60.3 Å². The van der Waals surface area contributed by atoms with Crippen LogP contribution in [0.2, 0.25) is 0 Å². The minimum absolute atomic E-state index is 0.238. The first-order valence-electron chi connectivity index (χ1n) is 14.9. The summed E-state index contributed by atoms with van der Waals surface area (Å²) >= 11 is 0. The summed E-state index contributed by atoms with van der Waals surface area (Å²) in [5.41, 5.74) is 3.93. The molecule has 0 aliphatic carbocycles. The molecule has 0 bridgehead atoms. The van der Waals surface area contributed by atoms with Crippen LogP contribution in [-0.2, 0) is 18.9 Å². The van der Waals surface area contributed by atoms with Crippen LogP contribution in [0.3, 0.4) is 0 Å². The normalized spacial score (nSPS) is 10.7. The SMILES string of the molecule is CCOC(=O)c1c[nH]c(C(=O)OCC)c1/C=C/c1ccccc1.CCOC(=O)c1c[nH]c(C(=O)OCC)c1/C=C/c1ccccc1. The summed E-state index contributed by atoms with van der Waals surface area (Å²) in [5.74, 6) is -1.97. The highest BCUT2D eigenvalue weighted by molar-refractivity contribution is 6.03. The lowest BCUT2D eigenvalue weighted by Gasteiger charge is -2.04. The van der Waals surface area contributed by atoms with Gasteiger partial charge in [-0.25, -0.2) is 19.2 Å². The maximum Gasteiger partial charge on any atom is 0.355 e. The zero-order valence-electron chi connectivity index (χ0n) is 26.3. The van der Waals surface area contributed by atoms with Crippen LogP contribution >= 0.6 is 0 Å². The van der Waals surface area contributed by atoms with Crippen molar-refractivity contribution in [3.8, 4) is 0 Å². The van der Waals surface area contributed by atoms with E-state index in [9.17, 15) is 19.2 Å². The molecule has 46 heavy (non-hydrogen) atoms. The number of rotatable bonds is 12. The minimum Gasteiger partial charge on any atom is -0.462 e. The van der Waals surface area contributed by atoms with Crippen molar-refractivity contribution >= 4 is 48.2 Å². The van der Waals surface area contributed by atoms with Gasteiger partial charge >= 0.3 is 23.9 Å². The van der Waals surface area contributed by atoms with Gasteiger partial charge in [-0.05, 0) is 38.8 Å². The number of hydrogen-bond donors (Lipinski definition) is 2. The van der Waals surface area contributed by atoms with Crippen LogP contribution in [0.15, 0.2) is 73.1 Å². The van der Waals surface area contributed by atoms with Gasteiger partial charge in [0.2, 0.25) is 0 Å². The Morgan fingerprint density at radius 3 is 1.15 bits per heavy atom. The molecular weight excluding hydrogens is 588 g/mol. The van der Waals surface area contributed by atoms with Gasteiger partial charge in [0.25, 0.3) is 0 Å². The minimum atomic E-state index is -0.504. The number of carbonyl (C=O) groups is 4. The van der Waals surface area contributed by atoms with Gasteiger partial charge in [-0.15, -0.1) is 0 Å². The van der Waals surface area contributed by atoms with Crippen molar-refractivity contribution in [1.29, 1.82) is 0 Å². The number of H-pyrrole nitrogens is 2. The number of carbonyl (C=O) groups excluding carboxylic acids is 4. The number of benzene rings is 2. The van der Waals surface area contributed by atoms with Crippen LogP contribution in [0.5, 0.6) is 0 Å². The molecule has 0 aliphatic heterocycles.